The van der Waals surface area contributed by atoms with Gasteiger partial charge in [0.2, 0.25) is 0 Å². The molecule has 0 atom stereocenters. The Morgan fingerprint density at radius 3 is 2.25 bits per heavy atom. The third-order valence-electron chi connectivity index (χ3n) is 2.37. The molecule has 3 amide bonds. The molecule has 6 heteroatoms. The predicted molar refractivity (Wildman–Crippen MR) is 75.7 cm³/mol. The fraction of sp³-hybridized carbons (Fsp3) is 0. The Bertz CT molecular complexity index is 614. The van der Waals surface area contributed by atoms with Gasteiger partial charge in [-0.15, -0.1) is 0 Å². The number of urea groups is 1. The Kier molecular flexibility index (Phi) is 4.18. The first-order valence-electron chi connectivity index (χ1n) is 5.84. The molecule has 0 saturated carbocycles. The SMILES string of the molecule is NC(=O)Nc1ccccc1OC(=O)Nc1ccccc1. The number of carbonyl (C=O) groups excluding carboxylic acids is 2. The van der Waals surface area contributed by atoms with E-state index in [1.165, 1.54) is 0 Å². The number of hydrogen-bond donors (Lipinski definition) is 3. The topological polar surface area (TPSA) is 93.5 Å². The molecule has 102 valence electrons. The van der Waals surface area contributed by atoms with E-state index in [0.717, 1.165) is 0 Å². The van der Waals surface area contributed by atoms with Crippen molar-refractivity contribution in [3.63, 3.8) is 0 Å². The minimum Gasteiger partial charge on any atom is -0.408 e. The number of anilines is 2. The lowest BCUT2D eigenvalue weighted by molar-refractivity contribution is 0.215. The van der Waals surface area contributed by atoms with Crippen LogP contribution in [0.15, 0.2) is 54.6 Å². The highest BCUT2D eigenvalue weighted by atomic mass is 16.6. The van der Waals surface area contributed by atoms with Crippen molar-refractivity contribution in [2.75, 3.05) is 10.6 Å². The summed E-state index contributed by atoms with van der Waals surface area (Å²) in [4.78, 5) is 22.6. The maximum absolute atomic E-state index is 11.7. The summed E-state index contributed by atoms with van der Waals surface area (Å²) in [5.41, 5.74) is 5.97. The Morgan fingerprint density at radius 1 is 0.900 bits per heavy atom. The highest BCUT2D eigenvalue weighted by Crippen LogP contribution is 2.24. The summed E-state index contributed by atoms with van der Waals surface area (Å²) < 4.78 is 5.13. The molecule has 2 aromatic rings. The normalized spacial score (nSPS) is 9.60. The number of hydrogen-bond acceptors (Lipinski definition) is 3. The molecule has 2 rings (SSSR count). The van der Waals surface area contributed by atoms with Gasteiger partial charge in [0.05, 0.1) is 5.69 Å². The lowest BCUT2D eigenvalue weighted by atomic mass is 10.3. The van der Waals surface area contributed by atoms with E-state index >= 15 is 0 Å². The summed E-state index contributed by atoms with van der Waals surface area (Å²) in [5.74, 6) is 0.208. The molecule has 0 aromatic heterocycles. The van der Waals surface area contributed by atoms with Crippen LogP contribution in [0.5, 0.6) is 5.75 Å². The molecule has 0 aliphatic carbocycles. The maximum atomic E-state index is 11.7. The van der Waals surface area contributed by atoms with Gasteiger partial charge in [0.1, 0.15) is 0 Å². The van der Waals surface area contributed by atoms with Crippen LogP contribution >= 0.6 is 0 Å². The van der Waals surface area contributed by atoms with Crippen molar-refractivity contribution in [1.29, 1.82) is 0 Å². The van der Waals surface area contributed by atoms with E-state index in [1.54, 1.807) is 48.5 Å². The zero-order valence-corrected chi connectivity index (χ0v) is 10.5. The molecule has 0 spiro atoms. The number of ether oxygens (including phenoxy) is 1. The standard InChI is InChI=1S/C14H13N3O3/c15-13(18)17-11-8-4-5-9-12(11)20-14(19)16-10-6-2-1-3-7-10/h1-9H,(H,16,19)(H3,15,17,18). The number of amides is 3. The molecule has 0 aliphatic rings. The molecule has 0 heterocycles. The summed E-state index contributed by atoms with van der Waals surface area (Å²) >= 11 is 0. The van der Waals surface area contributed by atoms with Crippen LogP contribution in [0.4, 0.5) is 21.0 Å². The van der Waals surface area contributed by atoms with E-state index in [-0.39, 0.29) is 5.75 Å². The summed E-state index contributed by atoms with van der Waals surface area (Å²) in [5, 5.41) is 4.94. The van der Waals surface area contributed by atoms with Crippen LogP contribution in [0, 0.1) is 0 Å². The zero-order chi connectivity index (χ0) is 14.4. The third kappa shape index (κ3) is 3.74. The van der Waals surface area contributed by atoms with E-state index in [1.807, 2.05) is 6.07 Å². The number of primary amides is 1. The molecule has 4 N–H and O–H groups in total. The summed E-state index contributed by atoms with van der Waals surface area (Å²) in [7, 11) is 0. The van der Waals surface area contributed by atoms with Gasteiger partial charge in [-0.2, -0.15) is 0 Å². The Morgan fingerprint density at radius 2 is 1.55 bits per heavy atom. The van der Waals surface area contributed by atoms with Crippen LogP contribution in [0.3, 0.4) is 0 Å². The van der Waals surface area contributed by atoms with Crippen LogP contribution in [0.25, 0.3) is 0 Å². The molecule has 0 saturated heterocycles. The largest absolute Gasteiger partial charge is 0.417 e. The minimum atomic E-state index is -0.732. The van der Waals surface area contributed by atoms with Gasteiger partial charge >= 0.3 is 12.1 Å². The number of para-hydroxylation sites is 3. The molecule has 6 nitrogen and oxygen atoms in total. The second kappa shape index (κ2) is 6.24. The summed E-state index contributed by atoms with van der Waals surface area (Å²) in [6.45, 7) is 0. The minimum absolute atomic E-state index is 0.208. The first-order valence-corrected chi connectivity index (χ1v) is 5.84. The van der Waals surface area contributed by atoms with Crippen LogP contribution < -0.4 is 21.1 Å². The van der Waals surface area contributed by atoms with Gasteiger partial charge in [-0.3, -0.25) is 5.32 Å². The quantitative estimate of drug-likeness (QED) is 0.801. The van der Waals surface area contributed by atoms with Crippen LogP contribution in [0.1, 0.15) is 0 Å². The average molecular weight is 271 g/mol. The monoisotopic (exact) mass is 271 g/mol. The average Bonchev–Trinajstić information content (AvgIpc) is 2.41. The van der Waals surface area contributed by atoms with E-state index < -0.39 is 12.1 Å². The molecule has 0 unspecified atom stereocenters. The molecule has 0 bridgehead atoms. The van der Waals surface area contributed by atoms with Crippen molar-refractivity contribution < 1.29 is 14.3 Å². The Labute approximate surface area is 115 Å². The van der Waals surface area contributed by atoms with Crippen molar-refractivity contribution in [3.05, 3.63) is 54.6 Å². The van der Waals surface area contributed by atoms with Crippen molar-refractivity contribution in [3.8, 4) is 5.75 Å². The number of rotatable bonds is 3. The van der Waals surface area contributed by atoms with E-state index in [9.17, 15) is 9.59 Å². The van der Waals surface area contributed by atoms with Gasteiger partial charge < -0.3 is 15.8 Å². The Hall–Kier alpha value is -3.02. The first kappa shape index (κ1) is 13.4. The van der Waals surface area contributed by atoms with Crippen molar-refractivity contribution in [2.24, 2.45) is 5.73 Å². The predicted octanol–water partition coefficient (Wildman–Crippen LogP) is 2.79. The smallest absolute Gasteiger partial charge is 0.408 e. The summed E-state index contributed by atoms with van der Waals surface area (Å²) in [6.07, 6.45) is -0.657. The fourth-order valence-electron chi connectivity index (χ4n) is 1.56. The lowest BCUT2D eigenvalue weighted by Gasteiger charge is -2.10. The Balaban J connectivity index is 2.06. The number of nitrogens with one attached hydrogen (secondary N) is 2. The molecular formula is C14H13N3O3. The highest BCUT2D eigenvalue weighted by molar-refractivity contribution is 5.91. The van der Waals surface area contributed by atoms with Gasteiger partial charge in [0, 0.05) is 5.69 Å². The van der Waals surface area contributed by atoms with E-state index in [2.05, 4.69) is 10.6 Å². The van der Waals surface area contributed by atoms with Crippen molar-refractivity contribution in [1.82, 2.24) is 0 Å². The van der Waals surface area contributed by atoms with Crippen LogP contribution in [-0.2, 0) is 0 Å². The molecule has 0 aliphatic heterocycles. The number of carbonyl (C=O) groups is 2. The van der Waals surface area contributed by atoms with Gasteiger partial charge in [0.25, 0.3) is 0 Å². The molecular weight excluding hydrogens is 258 g/mol. The van der Waals surface area contributed by atoms with Crippen molar-refractivity contribution in [2.45, 2.75) is 0 Å². The number of benzene rings is 2. The second-order valence-corrected chi connectivity index (χ2v) is 3.87. The molecule has 2 aromatic carbocycles. The van der Waals surface area contributed by atoms with Gasteiger partial charge in [-0.1, -0.05) is 30.3 Å². The third-order valence-corrected chi connectivity index (χ3v) is 2.37. The van der Waals surface area contributed by atoms with E-state index in [0.29, 0.717) is 11.4 Å². The first-order chi connectivity index (χ1) is 9.65. The maximum Gasteiger partial charge on any atom is 0.417 e. The highest BCUT2D eigenvalue weighted by Gasteiger charge is 2.10. The van der Waals surface area contributed by atoms with E-state index in [4.69, 9.17) is 10.5 Å². The van der Waals surface area contributed by atoms with Gasteiger partial charge in [-0.05, 0) is 24.3 Å². The fourth-order valence-corrected chi connectivity index (χ4v) is 1.56. The number of nitrogens with two attached hydrogens (primary N) is 1. The van der Waals surface area contributed by atoms with Gasteiger partial charge in [0.15, 0.2) is 5.75 Å². The molecule has 0 radical (unpaired) electrons. The molecule has 20 heavy (non-hydrogen) atoms. The van der Waals surface area contributed by atoms with Crippen LogP contribution in [-0.4, -0.2) is 12.1 Å². The van der Waals surface area contributed by atoms with Crippen molar-refractivity contribution >= 4 is 23.5 Å². The zero-order valence-electron chi connectivity index (χ0n) is 10.5. The summed E-state index contributed by atoms with van der Waals surface area (Å²) in [6, 6.07) is 14.6. The second-order valence-electron chi connectivity index (χ2n) is 3.87. The van der Waals surface area contributed by atoms with Crippen LogP contribution in [0.2, 0.25) is 0 Å². The molecule has 0 fully saturated rings. The van der Waals surface area contributed by atoms with Gasteiger partial charge in [-0.25, -0.2) is 9.59 Å². The lowest BCUT2D eigenvalue weighted by Crippen LogP contribution is -2.21.